The number of halogens is 1. The lowest BCUT2D eigenvalue weighted by atomic mass is 10.3. The van der Waals surface area contributed by atoms with Crippen molar-refractivity contribution in [2.24, 2.45) is 5.10 Å². The van der Waals surface area contributed by atoms with Gasteiger partial charge in [-0.2, -0.15) is 15.1 Å². The van der Waals surface area contributed by atoms with Crippen molar-refractivity contribution in [3.63, 3.8) is 0 Å². The van der Waals surface area contributed by atoms with E-state index in [1.54, 1.807) is 18.6 Å². The summed E-state index contributed by atoms with van der Waals surface area (Å²) in [5.41, 5.74) is 8.99. The Labute approximate surface area is 103 Å². The van der Waals surface area contributed by atoms with Crippen LogP contribution in [0.5, 0.6) is 0 Å². The second-order valence-electron chi connectivity index (χ2n) is 3.10. The first kappa shape index (κ1) is 11.3. The van der Waals surface area contributed by atoms with Crippen molar-refractivity contribution in [1.29, 1.82) is 0 Å². The summed E-state index contributed by atoms with van der Waals surface area (Å²) < 4.78 is 0. The van der Waals surface area contributed by atoms with Gasteiger partial charge < -0.3 is 5.73 Å². The monoisotopic (exact) mass is 248 g/mol. The minimum absolute atomic E-state index is 0.246. The van der Waals surface area contributed by atoms with E-state index < -0.39 is 0 Å². The maximum absolute atomic E-state index is 5.71. The van der Waals surface area contributed by atoms with Crippen molar-refractivity contribution < 1.29 is 0 Å². The molecule has 0 aliphatic carbocycles. The Morgan fingerprint density at radius 2 is 2.29 bits per heavy atom. The third-order valence-corrected chi connectivity index (χ3v) is 1.97. The summed E-state index contributed by atoms with van der Waals surface area (Å²) in [6.45, 7) is 0. The van der Waals surface area contributed by atoms with E-state index in [4.69, 9.17) is 17.3 Å². The minimum Gasteiger partial charge on any atom is -0.383 e. The van der Waals surface area contributed by atoms with E-state index in [0.717, 1.165) is 5.56 Å². The molecule has 17 heavy (non-hydrogen) atoms. The zero-order valence-corrected chi connectivity index (χ0v) is 9.46. The van der Waals surface area contributed by atoms with E-state index in [1.165, 1.54) is 6.07 Å². The van der Waals surface area contributed by atoms with Crippen LogP contribution in [0.15, 0.2) is 35.7 Å². The maximum Gasteiger partial charge on any atom is 0.246 e. The molecule has 0 saturated heterocycles. The highest BCUT2D eigenvalue weighted by atomic mass is 35.5. The molecule has 7 heteroatoms. The van der Waals surface area contributed by atoms with Crippen molar-refractivity contribution in [3.8, 4) is 0 Å². The number of nitrogen functional groups attached to an aromatic ring is 1. The topological polar surface area (TPSA) is 89.1 Å². The van der Waals surface area contributed by atoms with Crippen LogP contribution >= 0.6 is 11.6 Å². The summed E-state index contributed by atoms with van der Waals surface area (Å²) in [5.74, 6) is 0.527. The molecule has 0 aliphatic heterocycles. The van der Waals surface area contributed by atoms with Crippen molar-refractivity contribution in [3.05, 3.63) is 41.3 Å². The summed E-state index contributed by atoms with van der Waals surface area (Å²) in [4.78, 5) is 11.8. The molecule has 0 fully saturated rings. The van der Waals surface area contributed by atoms with Crippen LogP contribution in [-0.2, 0) is 0 Å². The number of nitrogens with one attached hydrogen (secondary N) is 1. The molecule has 0 spiro atoms. The molecule has 0 aromatic carbocycles. The molecule has 0 bridgehead atoms. The highest BCUT2D eigenvalue weighted by Crippen LogP contribution is 2.11. The fourth-order valence-corrected chi connectivity index (χ4v) is 1.29. The molecule has 3 N–H and O–H groups in total. The molecule has 2 aromatic rings. The van der Waals surface area contributed by atoms with Crippen LogP contribution in [0.1, 0.15) is 5.56 Å². The van der Waals surface area contributed by atoms with Crippen LogP contribution in [0.25, 0.3) is 0 Å². The Morgan fingerprint density at radius 1 is 1.41 bits per heavy atom. The predicted molar refractivity (Wildman–Crippen MR) is 66.9 cm³/mol. The molecule has 0 unspecified atom stereocenters. The van der Waals surface area contributed by atoms with Gasteiger partial charge in [-0.3, -0.25) is 4.98 Å². The largest absolute Gasteiger partial charge is 0.383 e. The highest BCUT2D eigenvalue weighted by Gasteiger charge is 1.98. The number of anilines is 2. The van der Waals surface area contributed by atoms with Gasteiger partial charge in [-0.05, 0) is 6.07 Å². The molecule has 2 rings (SSSR count). The summed E-state index contributed by atoms with van der Waals surface area (Å²) >= 11 is 5.71. The van der Waals surface area contributed by atoms with Gasteiger partial charge >= 0.3 is 0 Å². The molecular formula is C10H9ClN6. The fourth-order valence-electron chi connectivity index (χ4n) is 1.10. The number of hydrogen-bond donors (Lipinski definition) is 2. The van der Waals surface area contributed by atoms with Crippen LogP contribution in [0.3, 0.4) is 0 Å². The van der Waals surface area contributed by atoms with E-state index >= 15 is 0 Å². The second-order valence-corrected chi connectivity index (χ2v) is 3.48. The number of nitrogens with two attached hydrogens (primary N) is 1. The zero-order chi connectivity index (χ0) is 12.1. The average Bonchev–Trinajstić information content (AvgIpc) is 2.29. The van der Waals surface area contributed by atoms with Crippen molar-refractivity contribution >= 4 is 29.6 Å². The van der Waals surface area contributed by atoms with Gasteiger partial charge in [0, 0.05) is 24.0 Å². The van der Waals surface area contributed by atoms with E-state index in [1.807, 2.05) is 12.1 Å². The predicted octanol–water partition coefficient (Wildman–Crippen LogP) is 1.55. The number of hydrazone groups is 1. The SMILES string of the molecule is Nc1cc(Cl)nc(N/N=C/c2cccnc2)n1. The Kier molecular flexibility index (Phi) is 3.46. The van der Waals surface area contributed by atoms with E-state index in [-0.39, 0.29) is 16.9 Å². The molecule has 86 valence electrons. The number of rotatable bonds is 3. The standard InChI is InChI=1S/C10H9ClN6/c11-8-4-9(12)16-10(15-8)17-14-6-7-2-1-3-13-5-7/h1-6H,(H3,12,15,16,17)/b14-6+. The number of nitrogens with zero attached hydrogens (tertiary/aromatic N) is 4. The Hall–Kier alpha value is -2.21. The van der Waals surface area contributed by atoms with Gasteiger partial charge in [-0.1, -0.05) is 17.7 Å². The molecule has 0 amide bonds. The van der Waals surface area contributed by atoms with E-state index in [9.17, 15) is 0 Å². The lowest BCUT2D eigenvalue weighted by Crippen LogP contribution is -2.00. The molecule has 2 heterocycles. The lowest BCUT2D eigenvalue weighted by Gasteiger charge is -1.99. The van der Waals surface area contributed by atoms with Gasteiger partial charge in [0.15, 0.2) is 0 Å². The average molecular weight is 249 g/mol. The van der Waals surface area contributed by atoms with E-state index in [2.05, 4.69) is 25.5 Å². The molecule has 0 aliphatic rings. The highest BCUT2D eigenvalue weighted by molar-refractivity contribution is 6.29. The van der Waals surface area contributed by atoms with Crippen molar-refractivity contribution in [2.45, 2.75) is 0 Å². The van der Waals surface area contributed by atoms with E-state index in [0.29, 0.717) is 0 Å². The third kappa shape index (κ3) is 3.39. The minimum atomic E-state index is 0.246. The van der Waals surface area contributed by atoms with Crippen LogP contribution in [0.4, 0.5) is 11.8 Å². The Bertz CT molecular complexity index is 507. The van der Waals surface area contributed by atoms with Gasteiger partial charge in [0.2, 0.25) is 5.95 Å². The second kappa shape index (κ2) is 5.22. The van der Waals surface area contributed by atoms with Crippen molar-refractivity contribution in [2.75, 3.05) is 11.2 Å². The Balaban J connectivity index is 2.05. The molecule has 0 saturated carbocycles. The van der Waals surface area contributed by atoms with Gasteiger partial charge in [0.1, 0.15) is 11.0 Å². The lowest BCUT2D eigenvalue weighted by molar-refractivity contribution is 1.12. The molecule has 2 aromatic heterocycles. The first-order valence-electron chi connectivity index (χ1n) is 4.73. The maximum atomic E-state index is 5.71. The normalized spacial score (nSPS) is 10.6. The summed E-state index contributed by atoms with van der Waals surface area (Å²) in [7, 11) is 0. The van der Waals surface area contributed by atoms with Crippen LogP contribution < -0.4 is 11.2 Å². The fraction of sp³-hybridized carbons (Fsp3) is 0. The van der Waals surface area contributed by atoms with Gasteiger partial charge in [-0.15, -0.1) is 0 Å². The molecular weight excluding hydrogens is 240 g/mol. The summed E-state index contributed by atoms with van der Waals surface area (Å²) in [5, 5.41) is 4.20. The summed E-state index contributed by atoms with van der Waals surface area (Å²) in [6.07, 6.45) is 4.96. The number of hydrogen-bond acceptors (Lipinski definition) is 6. The first-order valence-corrected chi connectivity index (χ1v) is 5.11. The quantitative estimate of drug-likeness (QED) is 0.489. The smallest absolute Gasteiger partial charge is 0.246 e. The van der Waals surface area contributed by atoms with Crippen LogP contribution in [0, 0.1) is 0 Å². The van der Waals surface area contributed by atoms with Gasteiger partial charge in [0.05, 0.1) is 6.21 Å². The molecule has 0 radical (unpaired) electrons. The van der Waals surface area contributed by atoms with Gasteiger partial charge in [-0.25, -0.2) is 5.43 Å². The van der Waals surface area contributed by atoms with Crippen LogP contribution in [-0.4, -0.2) is 21.2 Å². The number of pyridine rings is 1. The number of aromatic nitrogens is 3. The molecule has 0 atom stereocenters. The van der Waals surface area contributed by atoms with Crippen LogP contribution in [0.2, 0.25) is 5.15 Å². The Morgan fingerprint density at radius 3 is 3.00 bits per heavy atom. The first-order chi connectivity index (χ1) is 8.24. The van der Waals surface area contributed by atoms with Gasteiger partial charge in [0.25, 0.3) is 0 Å². The molecule has 6 nitrogen and oxygen atoms in total. The third-order valence-electron chi connectivity index (χ3n) is 1.78. The van der Waals surface area contributed by atoms with Crippen molar-refractivity contribution in [1.82, 2.24) is 15.0 Å². The zero-order valence-electron chi connectivity index (χ0n) is 8.71. The summed E-state index contributed by atoms with van der Waals surface area (Å²) in [6, 6.07) is 5.14.